The molecule has 0 spiro atoms. The summed E-state index contributed by atoms with van der Waals surface area (Å²) in [5.41, 5.74) is 12.1. The average Bonchev–Trinajstić information content (AvgIpc) is 3.69. The summed E-state index contributed by atoms with van der Waals surface area (Å²) in [7, 11) is 0. The molecule has 0 amide bonds. The van der Waals surface area contributed by atoms with Gasteiger partial charge in [0, 0.05) is 32.6 Å². The van der Waals surface area contributed by atoms with Crippen LogP contribution in [0.2, 0.25) is 0 Å². The van der Waals surface area contributed by atoms with Gasteiger partial charge >= 0.3 is 0 Å². The van der Waals surface area contributed by atoms with Gasteiger partial charge in [-0.25, -0.2) is 0 Å². The summed E-state index contributed by atoms with van der Waals surface area (Å²) in [6.07, 6.45) is 0. The first-order valence-corrected chi connectivity index (χ1v) is 15.9. The second-order valence-electron chi connectivity index (χ2n) is 12.2. The Hall–Kier alpha value is -6.12. The molecule has 0 aliphatic heterocycles. The number of hydrogen-bond donors (Lipinski definition) is 0. The zero-order chi connectivity index (χ0) is 30.2. The summed E-state index contributed by atoms with van der Waals surface area (Å²) in [5.74, 6) is 0. The minimum Gasteiger partial charge on any atom is -0.309 e. The van der Waals surface area contributed by atoms with E-state index in [9.17, 15) is 0 Å². The van der Waals surface area contributed by atoms with E-state index in [2.05, 4.69) is 179 Å². The molecule has 0 saturated carbocycles. The predicted molar refractivity (Wildman–Crippen MR) is 195 cm³/mol. The van der Waals surface area contributed by atoms with Crippen LogP contribution >= 0.6 is 0 Å². The van der Waals surface area contributed by atoms with Gasteiger partial charge in [-0.1, -0.05) is 121 Å². The normalized spacial score (nSPS) is 11.9. The summed E-state index contributed by atoms with van der Waals surface area (Å²) < 4.78 is 4.92. The molecule has 0 fully saturated rings. The Morgan fingerprint density at radius 3 is 1.46 bits per heavy atom. The Balaban J connectivity index is 1.34. The Kier molecular flexibility index (Phi) is 5.31. The van der Waals surface area contributed by atoms with Crippen molar-refractivity contribution in [2.45, 2.75) is 0 Å². The van der Waals surface area contributed by atoms with Crippen LogP contribution in [0.5, 0.6) is 0 Å². The molecule has 0 radical (unpaired) electrons. The average molecular weight is 585 g/mol. The Labute approximate surface area is 266 Å². The van der Waals surface area contributed by atoms with Gasteiger partial charge in [0.25, 0.3) is 0 Å². The first kappa shape index (κ1) is 25.2. The fourth-order valence-corrected chi connectivity index (χ4v) is 7.66. The fourth-order valence-electron chi connectivity index (χ4n) is 7.66. The van der Waals surface area contributed by atoms with Crippen molar-refractivity contribution in [3.8, 4) is 27.9 Å². The highest BCUT2D eigenvalue weighted by molar-refractivity contribution is 6.25. The quantitative estimate of drug-likeness (QED) is 0.183. The van der Waals surface area contributed by atoms with Crippen LogP contribution in [0.1, 0.15) is 0 Å². The summed E-state index contributed by atoms with van der Waals surface area (Å²) in [4.78, 5) is 0. The topological polar surface area (TPSA) is 9.34 Å². The number of hydrogen-bond acceptors (Lipinski definition) is 0. The minimum absolute atomic E-state index is 1.16. The molecule has 0 atom stereocenters. The molecular weight excluding hydrogens is 556 g/mol. The smallest absolute Gasteiger partial charge is 0.0548 e. The molecule has 0 aliphatic carbocycles. The third kappa shape index (κ3) is 3.59. The van der Waals surface area contributed by atoms with E-state index in [0.29, 0.717) is 0 Å². The summed E-state index contributed by atoms with van der Waals surface area (Å²) in [6.45, 7) is 0. The van der Waals surface area contributed by atoms with E-state index in [0.717, 1.165) is 5.69 Å². The lowest BCUT2D eigenvalue weighted by Crippen LogP contribution is -1.96. The van der Waals surface area contributed by atoms with Gasteiger partial charge in [-0.05, 0) is 76.2 Å². The number of para-hydroxylation sites is 2. The lowest BCUT2D eigenvalue weighted by molar-refractivity contribution is 1.18. The fraction of sp³-hybridized carbons (Fsp3) is 0. The van der Waals surface area contributed by atoms with Crippen molar-refractivity contribution in [3.63, 3.8) is 0 Å². The zero-order valence-electron chi connectivity index (χ0n) is 25.1. The molecule has 46 heavy (non-hydrogen) atoms. The van der Waals surface area contributed by atoms with Crippen LogP contribution in [0.4, 0.5) is 0 Å². The van der Waals surface area contributed by atoms with Gasteiger partial charge < -0.3 is 8.97 Å². The third-order valence-electron chi connectivity index (χ3n) is 9.65. The highest BCUT2D eigenvalue weighted by Gasteiger charge is 2.19. The largest absolute Gasteiger partial charge is 0.309 e. The maximum Gasteiger partial charge on any atom is 0.0548 e. The van der Waals surface area contributed by atoms with Gasteiger partial charge in [-0.3, -0.25) is 0 Å². The highest BCUT2D eigenvalue weighted by atomic mass is 15.0. The van der Waals surface area contributed by atoms with Gasteiger partial charge in [0.2, 0.25) is 0 Å². The Morgan fingerprint density at radius 2 is 0.783 bits per heavy atom. The molecule has 3 aromatic heterocycles. The maximum absolute atomic E-state index is 2.46. The van der Waals surface area contributed by atoms with Crippen LogP contribution in [0.3, 0.4) is 0 Å². The second kappa shape index (κ2) is 9.69. The molecule has 0 bridgehead atoms. The van der Waals surface area contributed by atoms with E-state index >= 15 is 0 Å². The van der Waals surface area contributed by atoms with Crippen molar-refractivity contribution < 1.29 is 0 Å². The first-order chi connectivity index (χ1) is 22.8. The van der Waals surface area contributed by atoms with E-state index in [1.54, 1.807) is 0 Å². The molecule has 2 heteroatoms. The number of benzene rings is 7. The van der Waals surface area contributed by atoms with E-state index in [1.165, 1.54) is 82.2 Å². The van der Waals surface area contributed by atoms with Gasteiger partial charge in [-0.2, -0.15) is 0 Å². The maximum atomic E-state index is 2.46. The number of rotatable bonds is 3. The van der Waals surface area contributed by atoms with Crippen LogP contribution in [0.15, 0.2) is 170 Å². The molecule has 214 valence electrons. The summed E-state index contributed by atoms with van der Waals surface area (Å²) in [6, 6.07) is 62.0. The van der Waals surface area contributed by atoms with E-state index in [-0.39, 0.29) is 0 Å². The van der Waals surface area contributed by atoms with Crippen LogP contribution in [0, 0.1) is 0 Å². The molecule has 10 aromatic rings. The Bertz CT molecular complexity index is 2730. The number of pyridine rings is 1. The summed E-state index contributed by atoms with van der Waals surface area (Å²) >= 11 is 0. The zero-order valence-corrected chi connectivity index (χ0v) is 25.1. The highest BCUT2D eigenvalue weighted by Crippen LogP contribution is 2.42. The summed E-state index contributed by atoms with van der Waals surface area (Å²) in [5, 5.41) is 7.67. The number of nitrogens with zero attached hydrogens (tertiary/aromatic N) is 2. The van der Waals surface area contributed by atoms with E-state index in [1.807, 2.05) is 0 Å². The number of fused-ring (bicyclic) bond motifs is 12. The number of aromatic nitrogens is 2. The van der Waals surface area contributed by atoms with Crippen molar-refractivity contribution in [1.29, 1.82) is 0 Å². The van der Waals surface area contributed by atoms with Crippen molar-refractivity contribution >= 4 is 59.9 Å². The van der Waals surface area contributed by atoms with E-state index < -0.39 is 0 Å². The third-order valence-corrected chi connectivity index (χ3v) is 9.65. The molecule has 0 unspecified atom stereocenters. The molecule has 2 nitrogen and oxygen atoms in total. The van der Waals surface area contributed by atoms with Gasteiger partial charge in [0.15, 0.2) is 0 Å². The minimum atomic E-state index is 1.16. The van der Waals surface area contributed by atoms with Crippen LogP contribution in [0.25, 0.3) is 87.8 Å². The van der Waals surface area contributed by atoms with Crippen molar-refractivity contribution in [2.75, 3.05) is 0 Å². The van der Waals surface area contributed by atoms with Gasteiger partial charge in [-0.15, -0.1) is 0 Å². The van der Waals surface area contributed by atoms with Crippen molar-refractivity contribution in [3.05, 3.63) is 170 Å². The molecule has 0 aliphatic rings. The lowest BCUT2D eigenvalue weighted by atomic mass is 9.98. The molecule has 3 heterocycles. The Morgan fingerprint density at radius 1 is 0.283 bits per heavy atom. The van der Waals surface area contributed by atoms with Crippen molar-refractivity contribution in [1.82, 2.24) is 8.97 Å². The van der Waals surface area contributed by atoms with Crippen LogP contribution in [-0.4, -0.2) is 8.97 Å². The van der Waals surface area contributed by atoms with Gasteiger partial charge in [0.05, 0.1) is 27.6 Å². The molecule has 0 saturated heterocycles. The lowest BCUT2D eigenvalue weighted by Gasteiger charge is -2.14. The molecule has 10 rings (SSSR count). The monoisotopic (exact) mass is 584 g/mol. The second-order valence-corrected chi connectivity index (χ2v) is 12.2. The first-order valence-electron chi connectivity index (χ1n) is 15.9. The standard InChI is InChI=1S/C44H28N2/c1-3-13-29(14-4-1)31-25-32(30-15-5-2-6-16-30)27-33(26-31)45-40-22-12-10-20-37(40)44-38-28-43-36-19-8-7-17-34(36)35-18-9-11-21-39(35)46(43)41(38)23-24-42(44)45/h1-28H. The predicted octanol–water partition coefficient (Wildman–Crippen LogP) is 11.8. The molecule has 0 N–H and O–H groups in total. The van der Waals surface area contributed by atoms with Crippen LogP contribution < -0.4 is 0 Å². The van der Waals surface area contributed by atoms with Gasteiger partial charge in [0.1, 0.15) is 0 Å². The SMILES string of the molecule is c1ccc(-c2cc(-c3ccccc3)cc(-n3c4ccccc4c4c5cc6c7ccccc7c7ccccc7n6c5ccc43)c2)cc1. The van der Waals surface area contributed by atoms with E-state index in [4.69, 9.17) is 0 Å². The molecular formula is C44H28N2. The van der Waals surface area contributed by atoms with Crippen LogP contribution in [-0.2, 0) is 0 Å². The van der Waals surface area contributed by atoms with Crippen molar-refractivity contribution in [2.24, 2.45) is 0 Å². The molecule has 7 aromatic carbocycles.